The molecule has 0 aliphatic heterocycles. The van der Waals surface area contributed by atoms with Gasteiger partial charge in [-0.2, -0.15) is 0 Å². The first kappa shape index (κ1) is 17.4. The Morgan fingerprint density at radius 1 is 1.20 bits per heavy atom. The van der Waals surface area contributed by atoms with Crippen LogP contribution in [0.2, 0.25) is 0 Å². The Labute approximate surface area is 146 Å². The molecule has 1 saturated carbocycles. The minimum absolute atomic E-state index is 0.165. The van der Waals surface area contributed by atoms with E-state index in [1.54, 1.807) is 36.4 Å². The van der Waals surface area contributed by atoms with Crippen molar-refractivity contribution < 1.29 is 19.4 Å². The number of aliphatic hydroxyl groups is 1. The Kier molecular flexibility index (Phi) is 5.04. The first-order valence-corrected chi connectivity index (χ1v) is 8.49. The second-order valence-corrected chi connectivity index (χ2v) is 6.67. The molecule has 1 amide bonds. The molecule has 3 N–H and O–H groups in total. The van der Waals surface area contributed by atoms with Crippen molar-refractivity contribution in [2.75, 3.05) is 6.61 Å². The minimum atomic E-state index is -0.704. The van der Waals surface area contributed by atoms with E-state index >= 15 is 0 Å². The van der Waals surface area contributed by atoms with Gasteiger partial charge in [0.15, 0.2) is 0 Å². The first-order chi connectivity index (χ1) is 12.0. The molecule has 0 radical (unpaired) electrons. The van der Waals surface area contributed by atoms with Crippen LogP contribution in [0, 0.1) is 5.82 Å². The molecule has 4 nitrogen and oxygen atoms in total. The number of carbonyl (C=O) groups is 1. The summed E-state index contributed by atoms with van der Waals surface area (Å²) in [6.07, 6.45) is 2.74. The van der Waals surface area contributed by atoms with E-state index in [9.17, 15) is 19.4 Å². The minimum Gasteiger partial charge on any atom is -0.508 e. The van der Waals surface area contributed by atoms with Crippen molar-refractivity contribution in [1.82, 2.24) is 5.32 Å². The van der Waals surface area contributed by atoms with Gasteiger partial charge in [0.2, 0.25) is 5.91 Å². The largest absolute Gasteiger partial charge is 0.508 e. The molecule has 2 aromatic carbocycles. The Bertz CT molecular complexity index is 741. The standard InChI is InChI=1S/C20H22FNO3/c21-16-4-1-3-15(12-16)20(9-2-10-20)19(25)22-17(13-23)11-14-5-7-18(24)8-6-14/h1,3-8,12,17,23-24H,2,9-11,13H2,(H,22,25)/t17-/m0/s1. The summed E-state index contributed by atoms with van der Waals surface area (Å²) in [5.41, 5.74) is 0.896. The van der Waals surface area contributed by atoms with Crippen molar-refractivity contribution in [2.45, 2.75) is 37.1 Å². The number of nitrogens with one attached hydrogen (secondary N) is 1. The van der Waals surface area contributed by atoms with Crippen LogP contribution in [0.3, 0.4) is 0 Å². The lowest BCUT2D eigenvalue weighted by Crippen LogP contribution is -2.53. The summed E-state index contributed by atoms with van der Waals surface area (Å²) in [7, 11) is 0. The quantitative estimate of drug-likeness (QED) is 0.755. The van der Waals surface area contributed by atoms with Crippen molar-refractivity contribution >= 4 is 5.91 Å². The van der Waals surface area contributed by atoms with E-state index in [0.717, 1.165) is 12.0 Å². The van der Waals surface area contributed by atoms with Gasteiger partial charge in [-0.1, -0.05) is 30.7 Å². The molecule has 2 aromatic rings. The van der Waals surface area contributed by atoms with E-state index in [0.29, 0.717) is 24.8 Å². The van der Waals surface area contributed by atoms with Gasteiger partial charge in [-0.3, -0.25) is 4.79 Å². The third kappa shape index (κ3) is 3.66. The SMILES string of the molecule is O=C(N[C@H](CO)Cc1ccc(O)cc1)C1(c2cccc(F)c2)CCC1. The summed E-state index contributed by atoms with van der Waals surface area (Å²) in [6.45, 7) is -0.189. The molecule has 0 aromatic heterocycles. The predicted molar refractivity (Wildman–Crippen MR) is 92.8 cm³/mol. The number of phenols is 1. The number of aromatic hydroxyl groups is 1. The lowest BCUT2D eigenvalue weighted by atomic mass is 9.63. The highest BCUT2D eigenvalue weighted by atomic mass is 19.1. The third-order valence-electron chi connectivity index (χ3n) is 4.99. The molecular formula is C20H22FNO3. The van der Waals surface area contributed by atoms with Gasteiger partial charge in [-0.05, 0) is 54.7 Å². The number of halogens is 1. The summed E-state index contributed by atoms with van der Waals surface area (Å²) in [4.78, 5) is 12.9. The number of rotatable bonds is 6. The van der Waals surface area contributed by atoms with Crippen molar-refractivity contribution in [3.8, 4) is 5.75 Å². The molecular weight excluding hydrogens is 321 g/mol. The fourth-order valence-electron chi connectivity index (χ4n) is 3.36. The molecule has 1 fully saturated rings. The zero-order valence-electron chi connectivity index (χ0n) is 13.9. The topological polar surface area (TPSA) is 69.6 Å². The zero-order chi connectivity index (χ0) is 17.9. The number of benzene rings is 2. The van der Waals surface area contributed by atoms with Gasteiger partial charge in [0, 0.05) is 0 Å². The highest BCUT2D eigenvalue weighted by molar-refractivity contribution is 5.89. The van der Waals surface area contributed by atoms with Crippen LogP contribution in [-0.2, 0) is 16.6 Å². The molecule has 132 valence electrons. The summed E-state index contributed by atoms with van der Waals surface area (Å²) >= 11 is 0. The van der Waals surface area contributed by atoms with Gasteiger partial charge in [0.1, 0.15) is 11.6 Å². The van der Waals surface area contributed by atoms with Gasteiger partial charge >= 0.3 is 0 Å². The molecule has 5 heteroatoms. The Hall–Kier alpha value is -2.40. The van der Waals surface area contributed by atoms with Crippen LogP contribution in [0.15, 0.2) is 48.5 Å². The van der Waals surface area contributed by atoms with Gasteiger partial charge in [-0.15, -0.1) is 0 Å². The summed E-state index contributed by atoms with van der Waals surface area (Å²) in [6, 6.07) is 12.4. The normalized spacial score (nSPS) is 16.7. The number of phenolic OH excluding ortho intramolecular Hbond substituents is 1. The monoisotopic (exact) mass is 343 g/mol. The Morgan fingerprint density at radius 2 is 1.92 bits per heavy atom. The Morgan fingerprint density at radius 3 is 2.48 bits per heavy atom. The van der Waals surface area contributed by atoms with Crippen molar-refractivity contribution in [3.63, 3.8) is 0 Å². The Balaban J connectivity index is 1.73. The lowest BCUT2D eigenvalue weighted by Gasteiger charge is -2.41. The van der Waals surface area contributed by atoms with E-state index in [1.165, 1.54) is 12.1 Å². The number of aliphatic hydroxyl groups excluding tert-OH is 1. The van der Waals surface area contributed by atoms with Crippen molar-refractivity contribution in [3.05, 3.63) is 65.5 Å². The molecule has 0 spiro atoms. The van der Waals surface area contributed by atoms with Crippen LogP contribution in [0.4, 0.5) is 4.39 Å². The first-order valence-electron chi connectivity index (χ1n) is 8.49. The van der Waals surface area contributed by atoms with E-state index in [4.69, 9.17) is 0 Å². The van der Waals surface area contributed by atoms with Gasteiger partial charge in [-0.25, -0.2) is 4.39 Å². The molecule has 0 bridgehead atoms. The second kappa shape index (κ2) is 7.23. The molecule has 0 unspecified atom stereocenters. The van der Waals surface area contributed by atoms with E-state index < -0.39 is 11.5 Å². The predicted octanol–water partition coefficient (Wildman–Crippen LogP) is 2.67. The second-order valence-electron chi connectivity index (χ2n) is 6.67. The van der Waals surface area contributed by atoms with Crippen LogP contribution in [0.25, 0.3) is 0 Å². The average molecular weight is 343 g/mol. The van der Waals surface area contributed by atoms with Crippen LogP contribution in [0.1, 0.15) is 30.4 Å². The molecule has 1 aliphatic carbocycles. The maximum Gasteiger partial charge on any atom is 0.230 e. The highest BCUT2D eigenvalue weighted by Gasteiger charge is 2.46. The molecule has 25 heavy (non-hydrogen) atoms. The van der Waals surface area contributed by atoms with Crippen LogP contribution >= 0.6 is 0 Å². The summed E-state index contributed by atoms with van der Waals surface area (Å²) in [5.74, 6) is -0.339. The van der Waals surface area contributed by atoms with E-state index in [-0.39, 0.29) is 24.1 Å². The number of hydrogen-bond donors (Lipinski definition) is 3. The van der Waals surface area contributed by atoms with Crippen LogP contribution in [-0.4, -0.2) is 28.8 Å². The van der Waals surface area contributed by atoms with Gasteiger partial charge in [0.25, 0.3) is 0 Å². The van der Waals surface area contributed by atoms with E-state index in [2.05, 4.69) is 5.32 Å². The highest BCUT2D eigenvalue weighted by Crippen LogP contribution is 2.44. The maximum absolute atomic E-state index is 13.6. The zero-order valence-corrected chi connectivity index (χ0v) is 13.9. The molecule has 0 heterocycles. The number of amides is 1. The van der Waals surface area contributed by atoms with Gasteiger partial charge < -0.3 is 15.5 Å². The van der Waals surface area contributed by atoms with E-state index in [1.807, 2.05) is 0 Å². The number of hydrogen-bond acceptors (Lipinski definition) is 3. The average Bonchev–Trinajstić information content (AvgIpc) is 2.55. The number of carbonyl (C=O) groups excluding carboxylic acids is 1. The maximum atomic E-state index is 13.6. The molecule has 0 saturated heterocycles. The summed E-state index contributed by atoms with van der Waals surface area (Å²) in [5, 5.41) is 21.9. The summed E-state index contributed by atoms with van der Waals surface area (Å²) < 4.78 is 13.6. The molecule has 1 atom stereocenters. The fourth-order valence-corrected chi connectivity index (χ4v) is 3.36. The molecule has 1 aliphatic rings. The van der Waals surface area contributed by atoms with Crippen LogP contribution in [0.5, 0.6) is 5.75 Å². The van der Waals surface area contributed by atoms with Gasteiger partial charge in [0.05, 0.1) is 18.1 Å². The van der Waals surface area contributed by atoms with Crippen molar-refractivity contribution in [2.24, 2.45) is 0 Å². The molecule has 3 rings (SSSR count). The third-order valence-corrected chi connectivity index (χ3v) is 4.99. The smallest absolute Gasteiger partial charge is 0.230 e. The van der Waals surface area contributed by atoms with Crippen molar-refractivity contribution in [1.29, 1.82) is 0 Å². The fraction of sp³-hybridized carbons (Fsp3) is 0.350. The van der Waals surface area contributed by atoms with Crippen LogP contribution < -0.4 is 5.32 Å². The lowest BCUT2D eigenvalue weighted by molar-refractivity contribution is -0.131.